The van der Waals surface area contributed by atoms with Gasteiger partial charge in [0, 0.05) is 49.0 Å². The van der Waals surface area contributed by atoms with Gasteiger partial charge in [-0.15, -0.1) is 0 Å². The van der Waals surface area contributed by atoms with E-state index in [4.69, 9.17) is 23.2 Å². The molecule has 2 aliphatic rings. The van der Waals surface area contributed by atoms with Crippen LogP contribution in [0.3, 0.4) is 0 Å². The van der Waals surface area contributed by atoms with Crippen LogP contribution >= 0.6 is 23.2 Å². The zero-order valence-corrected chi connectivity index (χ0v) is 23.9. The van der Waals surface area contributed by atoms with Gasteiger partial charge in [0.2, 0.25) is 0 Å². The quantitative estimate of drug-likeness (QED) is 0.399. The maximum absolute atomic E-state index is 13.9. The summed E-state index contributed by atoms with van der Waals surface area (Å²) in [6.45, 7) is 6.84. The molecule has 0 saturated carbocycles. The van der Waals surface area contributed by atoms with Gasteiger partial charge in [0.1, 0.15) is 11.3 Å². The Hall–Kier alpha value is -1.99. The predicted octanol–water partition coefficient (Wildman–Crippen LogP) is 4.79. The molecular weight excluding hydrogens is 574 g/mol. The number of benzene rings is 1. The minimum atomic E-state index is -4.68. The highest BCUT2D eigenvalue weighted by Crippen LogP contribution is 2.38. The third-order valence-corrected chi connectivity index (χ3v) is 8.79. The van der Waals surface area contributed by atoms with Crippen LogP contribution in [0.4, 0.5) is 19.0 Å². The Bertz CT molecular complexity index is 1370. The number of nitrogens with zero attached hydrogens (tertiary/aromatic N) is 6. The van der Waals surface area contributed by atoms with Gasteiger partial charge in [0.15, 0.2) is 11.3 Å². The third kappa shape index (κ3) is 6.19. The molecule has 0 spiro atoms. The molecule has 1 aromatic carbocycles. The fraction of sp³-hybridized carbons (Fsp3) is 0.560. The van der Waals surface area contributed by atoms with E-state index in [-0.39, 0.29) is 11.2 Å². The molecule has 5 rings (SSSR count). The van der Waals surface area contributed by atoms with Crippen LogP contribution in [-0.2, 0) is 17.2 Å². The average molecular weight is 605 g/mol. The normalized spacial score (nSPS) is 20.8. The summed E-state index contributed by atoms with van der Waals surface area (Å²) in [7, 11) is -1.01. The number of hydrogen-bond acceptors (Lipinski definition) is 6. The highest BCUT2D eigenvalue weighted by atomic mass is 35.5. The average Bonchev–Trinajstić information content (AvgIpc) is 3.22. The molecule has 1 N–H and O–H groups in total. The second-order valence-electron chi connectivity index (χ2n) is 10.2. The van der Waals surface area contributed by atoms with Crippen LogP contribution in [0.1, 0.15) is 37.1 Å². The number of anilines is 1. The van der Waals surface area contributed by atoms with Gasteiger partial charge >= 0.3 is 6.18 Å². The number of halogens is 5. The standard InChI is InChI=1S/C25H30Cl2F3N7OS/c1-15(19-6-5-18(26)10-20(19)27)37-24-22(23(34-37)25(28,29)30)31-11-21(33-24)36-13-17(14-36)16-4-3-8-35(12-16)9-7-32-39(2)38/h5-6,10-11,15-17,32H,3-4,7-9,12-14H2,1-2H3. The largest absolute Gasteiger partial charge is 0.437 e. The summed E-state index contributed by atoms with van der Waals surface area (Å²) in [4.78, 5) is 13.3. The van der Waals surface area contributed by atoms with Crippen LogP contribution in [0.2, 0.25) is 10.0 Å². The van der Waals surface area contributed by atoms with Crippen LogP contribution in [0.15, 0.2) is 24.4 Å². The zero-order chi connectivity index (χ0) is 27.9. The highest BCUT2D eigenvalue weighted by Gasteiger charge is 2.40. The van der Waals surface area contributed by atoms with Crippen LogP contribution in [0, 0.1) is 11.8 Å². The Kier molecular flexibility index (Phi) is 8.40. The van der Waals surface area contributed by atoms with E-state index in [1.807, 2.05) is 0 Å². The number of fused-ring (bicyclic) bond motifs is 1. The first kappa shape index (κ1) is 28.5. The molecule has 2 aromatic heterocycles. The molecular formula is C25H30Cl2F3N7OS. The van der Waals surface area contributed by atoms with E-state index in [0.29, 0.717) is 39.8 Å². The fourth-order valence-corrected chi connectivity index (χ4v) is 6.45. The molecule has 0 bridgehead atoms. The summed E-state index contributed by atoms with van der Waals surface area (Å²) in [5.41, 5.74) is -0.715. The molecule has 39 heavy (non-hydrogen) atoms. The van der Waals surface area contributed by atoms with Crippen molar-refractivity contribution in [3.05, 3.63) is 45.7 Å². The van der Waals surface area contributed by atoms with E-state index in [1.54, 1.807) is 31.4 Å². The number of rotatable bonds is 8. The Balaban J connectivity index is 1.34. The van der Waals surface area contributed by atoms with E-state index >= 15 is 0 Å². The summed E-state index contributed by atoms with van der Waals surface area (Å²) in [5.74, 6) is 1.54. The van der Waals surface area contributed by atoms with E-state index in [1.165, 1.54) is 10.9 Å². The van der Waals surface area contributed by atoms with Crippen molar-refractivity contribution in [3.8, 4) is 0 Å². The number of piperidine rings is 1. The van der Waals surface area contributed by atoms with Crippen molar-refractivity contribution in [1.29, 1.82) is 0 Å². The first-order valence-corrected chi connectivity index (χ1v) is 15.1. The lowest BCUT2D eigenvalue weighted by Gasteiger charge is -2.47. The zero-order valence-electron chi connectivity index (χ0n) is 21.6. The van der Waals surface area contributed by atoms with Crippen molar-refractivity contribution in [2.24, 2.45) is 11.8 Å². The molecule has 2 aliphatic heterocycles. The molecule has 4 heterocycles. The van der Waals surface area contributed by atoms with Crippen molar-refractivity contribution in [2.45, 2.75) is 32.0 Å². The second-order valence-corrected chi connectivity index (χ2v) is 12.3. The van der Waals surface area contributed by atoms with Crippen molar-refractivity contribution in [1.82, 2.24) is 29.4 Å². The monoisotopic (exact) mass is 603 g/mol. The lowest BCUT2D eigenvalue weighted by atomic mass is 9.80. The number of likely N-dealkylation sites (tertiary alicyclic amines) is 1. The van der Waals surface area contributed by atoms with E-state index in [0.717, 1.165) is 45.6 Å². The Morgan fingerprint density at radius 1 is 1.21 bits per heavy atom. The summed E-state index contributed by atoms with van der Waals surface area (Å²) < 4.78 is 57.0. The SMILES string of the molecule is CC(c1ccc(Cl)cc1Cl)n1nc(C(F)(F)F)c2ncc(N3CC(C4CCCN(CCNS(C)=O)C4)C3)nc21. The smallest absolute Gasteiger partial charge is 0.355 e. The van der Waals surface area contributed by atoms with Crippen LogP contribution in [0.25, 0.3) is 11.2 Å². The molecule has 3 aromatic rings. The molecule has 0 radical (unpaired) electrons. The number of nitrogens with one attached hydrogen (secondary N) is 1. The molecule has 3 unspecified atom stereocenters. The molecule has 2 saturated heterocycles. The van der Waals surface area contributed by atoms with Gasteiger partial charge in [-0.3, -0.25) is 0 Å². The fourth-order valence-electron chi connectivity index (χ4n) is 5.51. The number of aromatic nitrogens is 4. The van der Waals surface area contributed by atoms with E-state index in [2.05, 4.69) is 29.6 Å². The van der Waals surface area contributed by atoms with Gasteiger partial charge in [-0.05, 0) is 55.8 Å². The van der Waals surface area contributed by atoms with Crippen LogP contribution in [0.5, 0.6) is 0 Å². The molecule has 2 fully saturated rings. The van der Waals surface area contributed by atoms with E-state index in [9.17, 15) is 17.4 Å². The number of alkyl halides is 3. The molecule has 8 nitrogen and oxygen atoms in total. The Morgan fingerprint density at radius 3 is 2.67 bits per heavy atom. The summed E-state index contributed by atoms with van der Waals surface area (Å²) in [6.07, 6.45) is 0.621. The van der Waals surface area contributed by atoms with Gasteiger partial charge < -0.3 is 9.80 Å². The molecule has 0 amide bonds. The minimum Gasteiger partial charge on any atom is -0.355 e. The maximum Gasteiger partial charge on any atom is 0.437 e. The van der Waals surface area contributed by atoms with Crippen molar-refractivity contribution < 1.29 is 17.4 Å². The third-order valence-electron chi connectivity index (χ3n) is 7.61. The lowest BCUT2D eigenvalue weighted by Crippen LogP contribution is -2.54. The first-order chi connectivity index (χ1) is 18.5. The summed E-state index contributed by atoms with van der Waals surface area (Å²) >= 11 is 12.4. The Labute approximate surface area is 237 Å². The topological polar surface area (TPSA) is 79.2 Å². The second kappa shape index (κ2) is 11.5. The van der Waals surface area contributed by atoms with Crippen LogP contribution < -0.4 is 9.62 Å². The highest BCUT2D eigenvalue weighted by molar-refractivity contribution is 7.82. The first-order valence-electron chi connectivity index (χ1n) is 12.8. The maximum atomic E-state index is 13.9. The van der Waals surface area contributed by atoms with Crippen molar-refractivity contribution in [3.63, 3.8) is 0 Å². The van der Waals surface area contributed by atoms with Crippen molar-refractivity contribution in [2.75, 3.05) is 50.4 Å². The molecule has 0 aliphatic carbocycles. The predicted molar refractivity (Wildman–Crippen MR) is 148 cm³/mol. The van der Waals surface area contributed by atoms with Gasteiger partial charge in [-0.2, -0.15) is 18.3 Å². The van der Waals surface area contributed by atoms with Gasteiger partial charge in [-0.1, -0.05) is 29.3 Å². The van der Waals surface area contributed by atoms with Gasteiger partial charge in [0.05, 0.1) is 23.2 Å². The minimum absolute atomic E-state index is 0.0615. The number of hydrogen-bond donors (Lipinski definition) is 1. The van der Waals surface area contributed by atoms with E-state index < -0.39 is 28.9 Å². The molecule has 212 valence electrons. The van der Waals surface area contributed by atoms with Gasteiger partial charge in [0.25, 0.3) is 0 Å². The van der Waals surface area contributed by atoms with Gasteiger partial charge in [-0.25, -0.2) is 23.6 Å². The lowest BCUT2D eigenvalue weighted by molar-refractivity contribution is -0.140. The molecule has 14 heteroatoms. The van der Waals surface area contributed by atoms with Crippen LogP contribution in [-0.4, -0.2) is 74.4 Å². The molecule has 3 atom stereocenters. The van der Waals surface area contributed by atoms with Crippen molar-refractivity contribution >= 4 is 51.2 Å². The summed E-state index contributed by atoms with van der Waals surface area (Å²) in [6, 6.07) is 4.24. The Morgan fingerprint density at radius 2 is 1.97 bits per heavy atom. The summed E-state index contributed by atoms with van der Waals surface area (Å²) in [5, 5.41) is 4.67.